The molecule has 5 nitrogen and oxygen atoms in total. The van der Waals surface area contributed by atoms with Gasteiger partial charge in [0.1, 0.15) is 5.75 Å². The molecule has 3 rings (SSSR count). The number of piperidine rings is 1. The molecule has 1 aliphatic heterocycles. The molecule has 25 heavy (non-hydrogen) atoms. The van der Waals surface area contributed by atoms with Crippen molar-refractivity contribution in [1.82, 2.24) is 9.62 Å². The molecule has 0 amide bonds. The zero-order valence-corrected chi connectivity index (χ0v) is 16.9. The summed E-state index contributed by atoms with van der Waals surface area (Å²) in [5.41, 5.74) is 1.72. The first-order valence-electron chi connectivity index (χ1n) is 8.80. The normalized spacial score (nSPS) is 19.5. The summed E-state index contributed by atoms with van der Waals surface area (Å²) in [6.07, 6.45) is 4.47. The topological polar surface area (TPSA) is 58.6 Å². The standard InChI is InChI=1S/C18H28N2O3S.ClH/c1-13-10-17(11-14(2)18(13)23-3)24(21,22)20-8-6-16(7-9-20)19-12-15-4-5-15;/h10-11,15-16,19H,4-9,12H2,1-3H3;1H. The summed E-state index contributed by atoms with van der Waals surface area (Å²) in [5.74, 6) is 1.62. The quantitative estimate of drug-likeness (QED) is 0.814. The van der Waals surface area contributed by atoms with Crippen LogP contribution in [0.2, 0.25) is 0 Å². The number of aryl methyl sites for hydroxylation is 2. The predicted molar refractivity (Wildman–Crippen MR) is 102 cm³/mol. The summed E-state index contributed by atoms with van der Waals surface area (Å²) in [5, 5.41) is 3.59. The third-order valence-corrected chi connectivity index (χ3v) is 7.00. The number of nitrogens with zero attached hydrogens (tertiary/aromatic N) is 1. The van der Waals surface area contributed by atoms with Gasteiger partial charge in [-0.2, -0.15) is 4.31 Å². The molecule has 1 saturated heterocycles. The van der Waals surface area contributed by atoms with Gasteiger partial charge in [-0.15, -0.1) is 12.4 Å². The van der Waals surface area contributed by atoms with Crippen LogP contribution in [0, 0.1) is 19.8 Å². The van der Waals surface area contributed by atoms with Crippen LogP contribution in [0.15, 0.2) is 17.0 Å². The molecular formula is C18H29ClN2O3S. The first kappa shape index (κ1) is 20.5. The Morgan fingerprint density at radius 1 is 1.12 bits per heavy atom. The molecule has 0 aromatic heterocycles. The Morgan fingerprint density at radius 2 is 1.68 bits per heavy atom. The lowest BCUT2D eigenvalue weighted by atomic mass is 10.1. The molecule has 7 heteroatoms. The third-order valence-electron chi connectivity index (χ3n) is 5.12. The highest BCUT2D eigenvalue weighted by Gasteiger charge is 2.31. The summed E-state index contributed by atoms with van der Waals surface area (Å²) in [7, 11) is -1.81. The van der Waals surface area contributed by atoms with Crippen LogP contribution in [0.25, 0.3) is 0 Å². The Kier molecular flexibility index (Phi) is 6.76. The van der Waals surface area contributed by atoms with Gasteiger partial charge in [0.25, 0.3) is 0 Å². The molecule has 0 bridgehead atoms. The smallest absolute Gasteiger partial charge is 0.243 e. The van der Waals surface area contributed by atoms with Gasteiger partial charge in [-0.3, -0.25) is 0 Å². The minimum atomic E-state index is -3.42. The van der Waals surface area contributed by atoms with Gasteiger partial charge in [-0.25, -0.2) is 8.42 Å². The number of nitrogens with one attached hydrogen (secondary N) is 1. The zero-order chi connectivity index (χ0) is 17.3. The van der Waals surface area contributed by atoms with Gasteiger partial charge in [-0.1, -0.05) is 0 Å². The van der Waals surface area contributed by atoms with Crippen LogP contribution < -0.4 is 10.1 Å². The second-order valence-electron chi connectivity index (χ2n) is 7.12. The maximum absolute atomic E-state index is 12.9. The van der Waals surface area contributed by atoms with Crippen LogP contribution in [0.3, 0.4) is 0 Å². The molecule has 2 aliphatic rings. The molecule has 1 aromatic carbocycles. The molecule has 142 valence electrons. The van der Waals surface area contributed by atoms with E-state index in [1.807, 2.05) is 13.8 Å². The van der Waals surface area contributed by atoms with Crippen LogP contribution in [-0.2, 0) is 10.0 Å². The zero-order valence-electron chi connectivity index (χ0n) is 15.2. The maximum Gasteiger partial charge on any atom is 0.243 e. The first-order chi connectivity index (χ1) is 11.4. The number of rotatable bonds is 6. The number of hydrogen-bond acceptors (Lipinski definition) is 4. The molecule has 2 fully saturated rings. The van der Waals surface area contributed by atoms with Crippen molar-refractivity contribution >= 4 is 22.4 Å². The van der Waals surface area contributed by atoms with Gasteiger partial charge in [0.2, 0.25) is 10.0 Å². The fourth-order valence-electron chi connectivity index (χ4n) is 3.49. The van der Waals surface area contributed by atoms with E-state index in [1.165, 1.54) is 12.8 Å². The van der Waals surface area contributed by atoms with Crippen molar-refractivity contribution in [2.24, 2.45) is 5.92 Å². The second-order valence-corrected chi connectivity index (χ2v) is 9.06. The first-order valence-corrected chi connectivity index (χ1v) is 10.2. The van der Waals surface area contributed by atoms with E-state index in [4.69, 9.17) is 4.74 Å². The van der Waals surface area contributed by atoms with E-state index in [0.29, 0.717) is 24.0 Å². The van der Waals surface area contributed by atoms with Crippen LogP contribution in [-0.4, -0.2) is 45.5 Å². The van der Waals surface area contributed by atoms with Crippen molar-refractivity contribution < 1.29 is 13.2 Å². The molecule has 1 aliphatic carbocycles. The fourth-order valence-corrected chi connectivity index (χ4v) is 5.13. The Bertz CT molecular complexity index is 673. The predicted octanol–water partition coefficient (Wildman–Crippen LogP) is 2.89. The molecule has 1 heterocycles. The van der Waals surface area contributed by atoms with Gasteiger partial charge in [0.05, 0.1) is 12.0 Å². The highest BCUT2D eigenvalue weighted by Crippen LogP contribution is 2.30. The molecule has 0 atom stereocenters. The van der Waals surface area contributed by atoms with E-state index < -0.39 is 10.0 Å². The van der Waals surface area contributed by atoms with Crippen LogP contribution in [0.5, 0.6) is 5.75 Å². The van der Waals surface area contributed by atoms with Crippen LogP contribution in [0.4, 0.5) is 0 Å². The molecule has 0 radical (unpaired) electrons. The molecule has 1 aromatic rings. The number of halogens is 1. The summed E-state index contributed by atoms with van der Waals surface area (Å²) in [4.78, 5) is 0.377. The third kappa shape index (κ3) is 4.67. The summed E-state index contributed by atoms with van der Waals surface area (Å²) in [6.45, 7) is 6.05. The molecule has 1 saturated carbocycles. The van der Waals surface area contributed by atoms with E-state index in [9.17, 15) is 8.42 Å². The lowest BCUT2D eigenvalue weighted by Crippen LogP contribution is -2.45. The highest BCUT2D eigenvalue weighted by atomic mass is 35.5. The van der Waals surface area contributed by atoms with Crippen LogP contribution >= 0.6 is 12.4 Å². The van der Waals surface area contributed by atoms with E-state index in [1.54, 1.807) is 23.5 Å². The van der Waals surface area contributed by atoms with E-state index >= 15 is 0 Å². The van der Waals surface area contributed by atoms with Crippen LogP contribution in [0.1, 0.15) is 36.8 Å². The minimum Gasteiger partial charge on any atom is -0.496 e. The van der Waals surface area contributed by atoms with Gasteiger partial charge in [0.15, 0.2) is 0 Å². The number of sulfonamides is 1. The lowest BCUT2D eigenvalue weighted by Gasteiger charge is -2.32. The van der Waals surface area contributed by atoms with E-state index in [-0.39, 0.29) is 12.4 Å². The Balaban J connectivity index is 0.00000225. The monoisotopic (exact) mass is 388 g/mol. The average molecular weight is 389 g/mol. The number of benzene rings is 1. The van der Waals surface area contributed by atoms with E-state index in [0.717, 1.165) is 42.2 Å². The van der Waals surface area contributed by atoms with Gasteiger partial charge in [-0.05, 0) is 75.3 Å². The van der Waals surface area contributed by atoms with Crippen molar-refractivity contribution in [2.75, 3.05) is 26.7 Å². The minimum absolute atomic E-state index is 0. The summed E-state index contributed by atoms with van der Waals surface area (Å²) >= 11 is 0. The van der Waals surface area contributed by atoms with E-state index in [2.05, 4.69) is 5.32 Å². The van der Waals surface area contributed by atoms with Crippen molar-refractivity contribution in [3.8, 4) is 5.75 Å². The number of hydrogen-bond donors (Lipinski definition) is 1. The summed E-state index contributed by atoms with van der Waals surface area (Å²) < 4.78 is 32.8. The Labute approximate surface area is 157 Å². The summed E-state index contributed by atoms with van der Waals surface area (Å²) in [6, 6.07) is 3.90. The molecule has 0 spiro atoms. The Morgan fingerprint density at radius 3 is 2.16 bits per heavy atom. The largest absolute Gasteiger partial charge is 0.496 e. The van der Waals surface area contributed by atoms with Gasteiger partial charge >= 0.3 is 0 Å². The highest BCUT2D eigenvalue weighted by molar-refractivity contribution is 7.89. The second kappa shape index (κ2) is 8.25. The van der Waals surface area contributed by atoms with Crippen molar-refractivity contribution in [3.63, 3.8) is 0 Å². The maximum atomic E-state index is 12.9. The molecular weight excluding hydrogens is 360 g/mol. The van der Waals surface area contributed by atoms with Crippen molar-refractivity contribution in [3.05, 3.63) is 23.3 Å². The number of ether oxygens (including phenoxy) is 1. The van der Waals surface area contributed by atoms with Gasteiger partial charge < -0.3 is 10.1 Å². The fraction of sp³-hybridized carbons (Fsp3) is 0.667. The average Bonchev–Trinajstić information content (AvgIpc) is 3.37. The Hall–Kier alpha value is -0.820. The van der Waals surface area contributed by atoms with Gasteiger partial charge in [0, 0.05) is 19.1 Å². The lowest BCUT2D eigenvalue weighted by molar-refractivity contribution is 0.288. The van der Waals surface area contributed by atoms with Crippen molar-refractivity contribution in [2.45, 2.75) is 50.5 Å². The molecule has 1 N–H and O–H groups in total. The molecule has 0 unspecified atom stereocenters. The SMILES string of the molecule is COc1c(C)cc(S(=O)(=O)N2CCC(NCC3CC3)CC2)cc1C.Cl. The number of methoxy groups -OCH3 is 1. The van der Waals surface area contributed by atoms with Crippen molar-refractivity contribution in [1.29, 1.82) is 0 Å².